The van der Waals surface area contributed by atoms with Crippen molar-refractivity contribution in [1.82, 2.24) is 15.3 Å². The zero-order valence-corrected chi connectivity index (χ0v) is 14.1. The Morgan fingerprint density at radius 1 is 1.00 bits per heavy atom. The zero-order valence-electron chi connectivity index (χ0n) is 13.4. The average Bonchev–Trinajstić information content (AvgIpc) is 2.98. The highest BCUT2D eigenvalue weighted by Crippen LogP contribution is 2.27. The fourth-order valence-corrected chi connectivity index (χ4v) is 3.07. The third-order valence-corrected chi connectivity index (χ3v) is 4.43. The van der Waals surface area contributed by atoms with Crippen molar-refractivity contribution in [3.05, 3.63) is 81.6 Å². The van der Waals surface area contributed by atoms with E-state index in [0.717, 1.165) is 17.7 Å². The summed E-state index contributed by atoms with van der Waals surface area (Å²) in [5.74, 6) is -1.86. The third kappa shape index (κ3) is 2.93. The highest BCUT2D eigenvalue weighted by Gasteiger charge is 2.28. The molecule has 0 saturated carbocycles. The second-order valence-electron chi connectivity index (χ2n) is 5.90. The van der Waals surface area contributed by atoms with E-state index in [0.29, 0.717) is 28.4 Å². The Bertz CT molecular complexity index is 1000. The third-order valence-electron chi connectivity index (χ3n) is 4.17. The second-order valence-corrected chi connectivity index (χ2v) is 6.33. The van der Waals surface area contributed by atoms with Gasteiger partial charge in [-0.1, -0.05) is 29.8 Å². The van der Waals surface area contributed by atoms with Gasteiger partial charge in [-0.15, -0.1) is 0 Å². The number of nitrogens with one attached hydrogen (secondary N) is 1. The molecule has 3 aromatic rings. The van der Waals surface area contributed by atoms with Crippen LogP contribution in [0.2, 0.25) is 5.02 Å². The molecule has 4 nitrogen and oxygen atoms in total. The van der Waals surface area contributed by atoms with Crippen LogP contribution in [0.3, 0.4) is 0 Å². The van der Waals surface area contributed by atoms with E-state index in [1.807, 2.05) is 12.1 Å². The van der Waals surface area contributed by atoms with E-state index >= 15 is 0 Å². The van der Waals surface area contributed by atoms with Crippen LogP contribution in [0.25, 0.3) is 11.4 Å². The maximum absolute atomic E-state index is 14.2. The molecule has 1 aromatic heterocycles. The van der Waals surface area contributed by atoms with Gasteiger partial charge in [0.15, 0.2) is 5.82 Å². The number of carbonyl (C=O) groups is 1. The monoisotopic (exact) mass is 371 g/mol. The van der Waals surface area contributed by atoms with Gasteiger partial charge in [0.05, 0.1) is 29.1 Å². The number of rotatable bonds is 3. The summed E-state index contributed by atoms with van der Waals surface area (Å²) >= 11 is 5.90. The zero-order chi connectivity index (χ0) is 18.3. The van der Waals surface area contributed by atoms with Crippen LogP contribution in [-0.2, 0) is 13.0 Å². The van der Waals surface area contributed by atoms with Crippen molar-refractivity contribution in [3.8, 4) is 11.4 Å². The Morgan fingerprint density at radius 3 is 2.38 bits per heavy atom. The highest BCUT2D eigenvalue weighted by atomic mass is 35.5. The summed E-state index contributed by atoms with van der Waals surface area (Å²) in [4.78, 5) is 20.7. The number of halogens is 3. The van der Waals surface area contributed by atoms with E-state index in [1.54, 1.807) is 12.1 Å². The summed E-state index contributed by atoms with van der Waals surface area (Å²) in [6, 6.07) is 10.7. The predicted molar refractivity (Wildman–Crippen MR) is 92.8 cm³/mol. The van der Waals surface area contributed by atoms with Crippen LogP contribution >= 0.6 is 11.6 Å². The van der Waals surface area contributed by atoms with Crippen LogP contribution < -0.4 is 5.32 Å². The Balaban J connectivity index is 1.86. The van der Waals surface area contributed by atoms with Gasteiger partial charge in [-0.05, 0) is 29.8 Å². The molecule has 0 fully saturated rings. The lowest BCUT2D eigenvalue weighted by Crippen LogP contribution is -2.14. The first-order chi connectivity index (χ1) is 12.5. The van der Waals surface area contributed by atoms with E-state index in [2.05, 4.69) is 15.3 Å². The van der Waals surface area contributed by atoms with Crippen molar-refractivity contribution in [3.63, 3.8) is 0 Å². The number of amides is 1. The number of hydrogen-bond donors (Lipinski definition) is 1. The molecule has 2 heterocycles. The number of benzene rings is 2. The lowest BCUT2D eigenvalue weighted by atomic mass is 10.0. The van der Waals surface area contributed by atoms with Gasteiger partial charge in [-0.25, -0.2) is 18.7 Å². The normalized spacial score (nSPS) is 12.8. The molecule has 7 heteroatoms. The van der Waals surface area contributed by atoms with Gasteiger partial charge < -0.3 is 5.32 Å². The quantitative estimate of drug-likeness (QED) is 0.759. The van der Waals surface area contributed by atoms with Crippen molar-refractivity contribution in [2.24, 2.45) is 0 Å². The van der Waals surface area contributed by atoms with Crippen LogP contribution in [0.4, 0.5) is 8.78 Å². The van der Waals surface area contributed by atoms with E-state index in [4.69, 9.17) is 11.6 Å². The molecule has 1 aliphatic rings. The number of carbonyl (C=O) groups excluding carboxylic acids is 1. The van der Waals surface area contributed by atoms with E-state index in [1.165, 1.54) is 6.07 Å². The van der Waals surface area contributed by atoms with Crippen LogP contribution in [0.15, 0.2) is 42.5 Å². The van der Waals surface area contributed by atoms with Gasteiger partial charge in [-0.2, -0.15) is 0 Å². The molecule has 1 N–H and O–H groups in total. The molecule has 0 spiro atoms. The molecule has 0 aliphatic carbocycles. The minimum absolute atomic E-state index is 0.0696. The molecular weight excluding hydrogens is 360 g/mol. The van der Waals surface area contributed by atoms with Crippen LogP contribution in [0.1, 0.15) is 27.3 Å². The molecule has 0 saturated heterocycles. The molecule has 0 atom stereocenters. The molecule has 4 rings (SSSR count). The summed E-state index contributed by atoms with van der Waals surface area (Å²) in [5, 5.41) is 3.27. The molecule has 0 bridgehead atoms. The molecular formula is C19H12ClF2N3O. The van der Waals surface area contributed by atoms with Crippen molar-refractivity contribution < 1.29 is 13.6 Å². The fraction of sp³-hybridized carbons (Fsp3) is 0.105. The molecule has 1 aliphatic heterocycles. The molecule has 2 aromatic carbocycles. The Morgan fingerprint density at radius 2 is 1.69 bits per heavy atom. The maximum atomic E-state index is 14.2. The van der Waals surface area contributed by atoms with E-state index in [-0.39, 0.29) is 23.8 Å². The Labute approximate surface area is 152 Å². The van der Waals surface area contributed by atoms with Crippen LogP contribution in [-0.4, -0.2) is 15.9 Å². The van der Waals surface area contributed by atoms with Gasteiger partial charge in [0.25, 0.3) is 5.91 Å². The topological polar surface area (TPSA) is 54.9 Å². The number of fused-ring (bicyclic) bond motifs is 1. The Hall–Kier alpha value is -2.86. The van der Waals surface area contributed by atoms with E-state index < -0.39 is 11.6 Å². The van der Waals surface area contributed by atoms with Gasteiger partial charge in [0.2, 0.25) is 0 Å². The lowest BCUT2D eigenvalue weighted by molar-refractivity contribution is 0.0964. The summed E-state index contributed by atoms with van der Waals surface area (Å²) in [6.45, 7) is 0.202. The van der Waals surface area contributed by atoms with E-state index in [9.17, 15) is 13.6 Å². The van der Waals surface area contributed by atoms with Crippen molar-refractivity contribution >= 4 is 17.5 Å². The largest absolute Gasteiger partial charge is 0.346 e. The lowest BCUT2D eigenvalue weighted by Gasteiger charge is -2.10. The first-order valence-corrected chi connectivity index (χ1v) is 8.27. The average molecular weight is 372 g/mol. The smallest absolute Gasteiger partial charge is 0.255 e. The molecule has 0 radical (unpaired) electrons. The van der Waals surface area contributed by atoms with Crippen LogP contribution in [0, 0.1) is 11.6 Å². The van der Waals surface area contributed by atoms with Gasteiger partial charge in [0.1, 0.15) is 11.6 Å². The SMILES string of the molecule is O=C1NCc2nc(-c3c(F)cccc3F)nc(Cc3ccc(Cl)cc3)c21. The number of aromatic nitrogens is 2. The summed E-state index contributed by atoms with van der Waals surface area (Å²) in [7, 11) is 0. The summed E-state index contributed by atoms with van der Waals surface area (Å²) < 4.78 is 28.3. The van der Waals surface area contributed by atoms with Crippen molar-refractivity contribution in [2.75, 3.05) is 0 Å². The Kier molecular flexibility index (Phi) is 4.12. The van der Waals surface area contributed by atoms with Crippen molar-refractivity contribution in [1.29, 1.82) is 0 Å². The standard InChI is InChI=1S/C19H12ClF2N3O/c20-11-6-4-10(5-7-11)8-14-17-15(9-23-19(17)26)25-18(24-14)16-12(21)2-1-3-13(16)22/h1-7H,8-9H2,(H,23,26). The van der Waals surface area contributed by atoms with Gasteiger partial charge in [-0.3, -0.25) is 4.79 Å². The molecule has 26 heavy (non-hydrogen) atoms. The summed E-state index contributed by atoms with van der Waals surface area (Å²) in [6.07, 6.45) is 0.318. The molecule has 1 amide bonds. The predicted octanol–water partition coefficient (Wildman–Crippen LogP) is 3.91. The second kappa shape index (κ2) is 6.46. The van der Waals surface area contributed by atoms with Gasteiger partial charge in [0, 0.05) is 11.4 Å². The number of nitrogens with zero attached hydrogens (tertiary/aromatic N) is 2. The van der Waals surface area contributed by atoms with Crippen LogP contribution in [0.5, 0.6) is 0 Å². The number of hydrogen-bond acceptors (Lipinski definition) is 3. The maximum Gasteiger partial charge on any atom is 0.255 e. The highest BCUT2D eigenvalue weighted by molar-refractivity contribution is 6.30. The van der Waals surface area contributed by atoms with Gasteiger partial charge >= 0.3 is 0 Å². The first-order valence-electron chi connectivity index (χ1n) is 7.90. The first kappa shape index (κ1) is 16.6. The fourth-order valence-electron chi connectivity index (χ4n) is 2.95. The molecule has 130 valence electrons. The molecule has 0 unspecified atom stereocenters. The minimum Gasteiger partial charge on any atom is -0.346 e. The summed E-state index contributed by atoms with van der Waals surface area (Å²) in [5.41, 5.74) is 1.79. The minimum atomic E-state index is -0.750. The van der Waals surface area contributed by atoms with Crippen molar-refractivity contribution in [2.45, 2.75) is 13.0 Å².